The highest BCUT2D eigenvalue weighted by atomic mass is 16.1. The van der Waals surface area contributed by atoms with Crippen LogP contribution in [0.3, 0.4) is 0 Å². The molecule has 1 aromatic carbocycles. The van der Waals surface area contributed by atoms with E-state index in [0.717, 1.165) is 31.5 Å². The summed E-state index contributed by atoms with van der Waals surface area (Å²) < 4.78 is 2.11. The average molecular weight is 283 g/mol. The third-order valence-electron chi connectivity index (χ3n) is 4.09. The molecule has 0 bridgehead atoms. The Bertz CT molecular complexity index is 646. The Morgan fingerprint density at radius 2 is 2.14 bits per heavy atom. The Labute approximate surface area is 125 Å². The summed E-state index contributed by atoms with van der Waals surface area (Å²) in [4.78, 5) is 11.4. The van der Waals surface area contributed by atoms with Crippen molar-refractivity contribution in [1.29, 1.82) is 0 Å². The molecule has 3 rings (SSSR count). The van der Waals surface area contributed by atoms with Gasteiger partial charge in [0.1, 0.15) is 0 Å². The molecular weight excluding hydrogens is 262 g/mol. The fourth-order valence-corrected chi connectivity index (χ4v) is 3.25. The Hall–Kier alpha value is -2.10. The van der Waals surface area contributed by atoms with Gasteiger partial charge >= 0.3 is 0 Å². The van der Waals surface area contributed by atoms with Crippen LogP contribution in [0.5, 0.6) is 0 Å². The van der Waals surface area contributed by atoms with E-state index in [1.54, 1.807) is 6.92 Å². The number of nitrogens with zero attached hydrogens (tertiary/aromatic N) is 2. The second kappa shape index (κ2) is 5.72. The normalized spacial score (nSPS) is 17.3. The number of carbonyl (C=O) groups excluding carboxylic acids is 1. The van der Waals surface area contributed by atoms with Gasteiger partial charge in [0.25, 0.3) is 0 Å². The van der Waals surface area contributed by atoms with Gasteiger partial charge in [-0.15, -0.1) is 0 Å². The molecule has 4 nitrogen and oxygen atoms in total. The standard InChI is InChI=1S/C17H21N3O/c1-12-17-15(18-13(2)21)9-6-10-16(17)20(19-12)11-14-7-4-3-5-8-14/h3-5,7-8,15H,6,9-11H2,1-2H3,(H,18,21)/t15-/m0/s1. The van der Waals surface area contributed by atoms with Crippen LogP contribution >= 0.6 is 0 Å². The summed E-state index contributed by atoms with van der Waals surface area (Å²) in [5.41, 5.74) is 4.80. The minimum atomic E-state index is 0.0306. The van der Waals surface area contributed by atoms with Crippen LogP contribution in [0.15, 0.2) is 30.3 Å². The predicted molar refractivity (Wildman–Crippen MR) is 82.0 cm³/mol. The molecule has 0 saturated carbocycles. The van der Waals surface area contributed by atoms with E-state index in [9.17, 15) is 4.79 Å². The van der Waals surface area contributed by atoms with Gasteiger partial charge in [-0.1, -0.05) is 30.3 Å². The smallest absolute Gasteiger partial charge is 0.217 e. The first-order valence-corrected chi connectivity index (χ1v) is 7.52. The summed E-state index contributed by atoms with van der Waals surface area (Å²) >= 11 is 0. The monoisotopic (exact) mass is 283 g/mol. The SMILES string of the molecule is CC(=O)N[C@H]1CCCc2c1c(C)nn2Cc1ccccc1. The summed E-state index contributed by atoms with van der Waals surface area (Å²) in [6.45, 7) is 4.42. The molecule has 110 valence electrons. The summed E-state index contributed by atoms with van der Waals surface area (Å²) in [5, 5.41) is 7.77. The highest BCUT2D eigenvalue weighted by Gasteiger charge is 2.27. The Balaban J connectivity index is 1.92. The molecule has 0 spiro atoms. The molecule has 1 heterocycles. The van der Waals surface area contributed by atoms with Crippen LogP contribution in [-0.2, 0) is 17.8 Å². The second-order valence-electron chi connectivity index (χ2n) is 5.73. The van der Waals surface area contributed by atoms with Crippen LogP contribution < -0.4 is 5.32 Å². The number of hydrogen-bond donors (Lipinski definition) is 1. The van der Waals surface area contributed by atoms with Crippen molar-refractivity contribution in [3.05, 3.63) is 52.8 Å². The zero-order valence-electron chi connectivity index (χ0n) is 12.6. The van der Waals surface area contributed by atoms with E-state index >= 15 is 0 Å². The Kier molecular flexibility index (Phi) is 3.78. The number of carbonyl (C=O) groups is 1. The quantitative estimate of drug-likeness (QED) is 0.941. The van der Waals surface area contributed by atoms with Crippen molar-refractivity contribution in [1.82, 2.24) is 15.1 Å². The third kappa shape index (κ3) is 2.84. The average Bonchev–Trinajstić information content (AvgIpc) is 2.77. The van der Waals surface area contributed by atoms with Crippen LogP contribution in [0.1, 0.15) is 48.3 Å². The molecule has 4 heteroatoms. The first kappa shape index (κ1) is 13.9. The molecule has 0 aliphatic heterocycles. The minimum absolute atomic E-state index is 0.0306. The van der Waals surface area contributed by atoms with Crippen molar-refractivity contribution in [2.45, 2.75) is 45.7 Å². The summed E-state index contributed by atoms with van der Waals surface area (Å²) in [5.74, 6) is 0.0306. The molecule has 0 fully saturated rings. The first-order valence-electron chi connectivity index (χ1n) is 7.52. The largest absolute Gasteiger partial charge is 0.349 e. The lowest BCUT2D eigenvalue weighted by Gasteiger charge is -2.24. The number of aromatic nitrogens is 2. The van der Waals surface area contributed by atoms with Gasteiger partial charge in [-0.25, -0.2) is 0 Å². The molecular formula is C17H21N3O. The number of rotatable bonds is 3. The minimum Gasteiger partial charge on any atom is -0.349 e. The molecule has 1 amide bonds. The van der Waals surface area contributed by atoms with E-state index in [2.05, 4.69) is 34.3 Å². The number of hydrogen-bond acceptors (Lipinski definition) is 2. The van der Waals surface area contributed by atoms with Crippen LogP contribution in [0.4, 0.5) is 0 Å². The summed E-state index contributed by atoms with van der Waals surface area (Å²) in [6, 6.07) is 10.5. The molecule has 21 heavy (non-hydrogen) atoms. The van der Waals surface area contributed by atoms with E-state index in [1.807, 2.05) is 13.0 Å². The molecule has 0 saturated heterocycles. The van der Waals surface area contributed by atoms with Gasteiger partial charge in [0.05, 0.1) is 18.3 Å². The first-order chi connectivity index (χ1) is 10.1. The van der Waals surface area contributed by atoms with Crippen molar-refractivity contribution in [3.63, 3.8) is 0 Å². The fourth-order valence-electron chi connectivity index (χ4n) is 3.25. The van der Waals surface area contributed by atoms with E-state index in [0.29, 0.717) is 0 Å². The van der Waals surface area contributed by atoms with Crippen molar-refractivity contribution >= 4 is 5.91 Å². The van der Waals surface area contributed by atoms with E-state index in [4.69, 9.17) is 5.10 Å². The molecule has 1 aliphatic carbocycles. The van der Waals surface area contributed by atoms with Crippen LogP contribution in [0.2, 0.25) is 0 Å². The van der Waals surface area contributed by atoms with Gasteiger partial charge in [0.2, 0.25) is 5.91 Å². The number of nitrogens with one attached hydrogen (secondary N) is 1. The number of amides is 1. The lowest BCUT2D eigenvalue weighted by Crippen LogP contribution is -2.29. The van der Waals surface area contributed by atoms with Crippen molar-refractivity contribution in [2.24, 2.45) is 0 Å². The lowest BCUT2D eigenvalue weighted by molar-refractivity contribution is -0.119. The maximum atomic E-state index is 11.4. The van der Waals surface area contributed by atoms with E-state index in [1.165, 1.54) is 16.8 Å². The van der Waals surface area contributed by atoms with E-state index < -0.39 is 0 Å². The molecule has 0 unspecified atom stereocenters. The zero-order valence-corrected chi connectivity index (χ0v) is 12.6. The molecule has 0 radical (unpaired) electrons. The van der Waals surface area contributed by atoms with Gasteiger partial charge in [-0.2, -0.15) is 5.10 Å². The highest BCUT2D eigenvalue weighted by molar-refractivity contribution is 5.73. The zero-order chi connectivity index (χ0) is 14.8. The van der Waals surface area contributed by atoms with E-state index in [-0.39, 0.29) is 11.9 Å². The van der Waals surface area contributed by atoms with Crippen molar-refractivity contribution in [3.8, 4) is 0 Å². The molecule has 1 aromatic heterocycles. The Morgan fingerprint density at radius 1 is 1.38 bits per heavy atom. The van der Waals surface area contributed by atoms with Gasteiger partial charge in [-0.05, 0) is 31.7 Å². The maximum Gasteiger partial charge on any atom is 0.217 e. The number of fused-ring (bicyclic) bond motifs is 1. The second-order valence-corrected chi connectivity index (χ2v) is 5.73. The fraction of sp³-hybridized carbons (Fsp3) is 0.412. The number of benzene rings is 1. The maximum absolute atomic E-state index is 11.4. The summed E-state index contributed by atoms with van der Waals surface area (Å²) in [7, 11) is 0. The lowest BCUT2D eigenvalue weighted by atomic mass is 9.91. The third-order valence-corrected chi connectivity index (χ3v) is 4.09. The van der Waals surface area contributed by atoms with Crippen molar-refractivity contribution < 1.29 is 4.79 Å². The molecule has 1 N–H and O–H groups in total. The van der Waals surface area contributed by atoms with Crippen LogP contribution in [0, 0.1) is 6.92 Å². The highest BCUT2D eigenvalue weighted by Crippen LogP contribution is 2.32. The van der Waals surface area contributed by atoms with Crippen molar-refractivity contribution in [2.75, 3.05) is 0 Å². The van der Waals surface area contributed by atoms with Gasteiger partial charge < -0.3 is 5.32 Å². The molecule has 1 aliphatic rings. The van der Waals surface area contributed by atoms with Crippen LogP contribution in [0.25, 0.3) is 0 Å². The molecule has 2 aromatic rings. The Morgan fingerprint density at radius 3 is 2.86 bits per heavy atom. The summed E-state index contributed by atoms with van der Waals surface area (Å²) in [6.07, 6.45) is 3.14. The number of aryl methyl sites for hydroxylation is 1. The molecule has 1 atom stereocenters. The van der Waals surface area contributed by atoms with Gasteiger partial charge in [-0.3, -0.25) is 9.48 Å². The predicted octanol–water partition coefficient (Wildman–Crippen LogP) is 2.75. The van der Waals surface area contributed by atoms with Gasteiger partial charge in [0.15, 0.2) is 0 Å². The van der Waals surface area contributed by atoms with Crippen LogP contribution in [-0.4, -0.2) is 15.7 Å². The topological polar surface area (TPSA) is 46.9 Å². The van der Waals surface area contributed by atoms with Gasteiger partial charge in [0, 0.05) is 18.2 Å².